The van der Waals surface area contributed by atoms with Gasteiger partial charge in [0.15, 0.2) is 0 Å². The van der Waals surface area contributed by atoms with E-state index in [4.69, 9.17) is 10.00 Å². The second-order valence-electron chi connectivity index (χ2n) is 4.03. The molecule has 1 atom stereocenters. The Labute approximate surface area is 86.6 Å². The van der Waals surface area contributed by atoms with Gasteiger partial charge in [0.05, 0.1) is 12.7 Å². The number of rotatable bonds is 6. The molecule has 1 fully saturated rings. The minimum atomic E-state index is 0.704. The van der Waals surface area contributed by atoms with Crippen molar-refractivity contribution in [1.82, 2.24) is 4.90 Å². The van der Waals surface area contributed by atoms with Gasteiger partial charge in [-0.3, -0.25) is 0 Å². The van der Waals surface area contributed by atoms with Gasteiger partial charge in [0, 0.05) is 20.1 Å². The molecule has 0 N–H and O–H groups in total. The highest BCUT2D eigenvalue weighted by Crippen LogP contribution is 2.16. The SMILES string of the molecule is COCC1CCN(CCCCC#N)C1. The molecule has 1 rings (SSSR count). The molecule has 1 unspecified atom stereocenters. The van der Waals surface area contributed by atoms with E-state index < -0.39 is 0 Å². The molecule has 0 spiro atoms. The fourth-order valence-electron chi connectivity index (χ4n) is 2.03. The van der Waals surface area contributed by atoms with Crippen molar-refractivity contribution in [3.05, 3.63) is 0 Å². The second kappa shape index (κ2) is 6.80. The van der Waals surface area contributed by atoms with Gasteiger partial charge in [-0.15, -0.1) is 0 Å². The van der Waals surface area contributed by atoms with E-state index in [1.165, 1.54) is 19.5 Å². The topological polar surface area (TPSA) is 36.3 Å². The van der Waals surface area contributed by atoms with Crippen LogP contribution in [0.15, 0.2) is 0 Å². The maximum atomic E-state index is 8.39. The van der Waals surface area contributed by atoms with Crippen molar-refractivity contribution < 1.29 is 4.74 Å². The number of nitriles is 1. The predicted octanol–water partition coefficient (Wildman–Crippen LogP) is 1.65. The van der Waals surface area contributed by atoms with Crippen LogP contribution in [0.3, 0.4) is 0 Å². The molecule has 1 heterocycles. The Bertz CT molecular complexity index is 188. The van der Waals surface area contributed by atoms with E-state index in [-0.39, 0.29) is 0 Å². The largest absolute Gasteiger partial charge is 0.384 e. The highest BCUT2D eigenvalue weighted by molar-refractivity contribution is 4.76. The first-order valence-corrected chi connectivity index (χ1v) is 5.45. The summed E-state index contributed by atoms with van der Waals surface area (Å²) in [4.78, 5) is 2.49. The number of methoxy groups -OCH3 is 1. The fourth-order valence-corrected chi connectivity index (χ4v) is 2.03. The molecule has 0 saturated carbocycles. The lowest BCUT2D eigenvalue weighted by Crippen LogP contribution is -2.22. The Kier molecular flexibility index (Phi) is 5.58. The summed E-state index contributed by atoms with van der Waals surface area (Å²) in [5.41, 5.74) is 0. The molecule has 3 nitrogen and oxygen atoms in total. The molecule has 1 aliphatic rings. The van der Waals surface area contributed by atoms with Gasteiger partial charge in [-0.05, 0) is 38.3 Å². The standard InChI is InChI=1S/C11H20N2O/c1-14-10-11-5-8-13(9-11)7-4-2-3-6-12/h11H,2-5,7-10H2,1H3. The molecule has 80 valence electrons. The van der Waals surface area contributed by atoms with Crippen molar-refractivity contribution in [3.63, 3.8) is 0 Å². The Morgan fingerprint density at radius 1 is 1.50 bits per heavy atom. The van der Waals surface area contributed by atoms with Crippen LogP contribution in [0.1, 0.15) is 25.7 Å². The second-order valence-corrected chi connectivity index (χ2v) is 4.03. The third-order valence-corrected chi connectivity index (χ3v) is 2.79. The first-order valence-electron chi connectivity index (χ1n) is 5.45. The van der Waals surface area contributed by atoms with Crippen LogP contribution in [0.25, 0.3) is 0 Å². The van der Waals surface area contributed by atoms with Crippen molar-refractivity contribution in [3.8, 4) is 6.07 Å². The van der Waals surface area contributed by atoms with Crippen molar-refractivity contribution in [2.24, 2.45) is 5.92 Å². The molecule has 0 amide bonds. The van der Waals surface area contributed by atoms with Gasteiger partial charge in [-0.25, -0.2) is 0 Å². The molecule has 0 aromatic rings. The molecular weight excluding hydrogens is 176 g/mol. The maximum Gasteiger partial charge on any atom is 0.0621 e. The number of ether oxygens (including phenoxy) is 1. The molecular formula is C11H20N2O. The summed E-state index contributed by atoms with van der Waals surface area (Å²) in [6.45, 7) is 4.44. The molecule has 0 aromatic carbocycles. The van der Waals surface area contributed by atoms with Gasteiger partial charge in [0.1, 0.15) is 0 Å². The van der Waals surface area contributed by atoms with Crippen LogP contribution in [-0.4, -0.2) is 38.3 Å². The zero-order valence-electron chi connectivity index (χ0n) is 9.04. The Morgan fingerprint density at radius 3 is 3.07 bits per heavy atom. The Hall–Kier alpha value is -0.590. The Balaban J connectivity index is 2.02. The monoisotopic (exact) mass is 196 g/mol. The summed E-state index contributed by atoms with van der Waals surface area (Å²) in [7, 11) is 1.77. The number of nitrogens with zero attached hydrogens (tertiary/aromatic N) is 2. The summed E-state index contributed by atoms with van der Waals surface area (Å²) in [5, 5.41) is 8.39. The first-order chi connectivity index (χ1) is 6.86. The average molecular weight is 196 g/mol. The summed E-state index contributed by atoms with van der Waals surface area (Å²) in [6.07, 6.45) is 4.18. The molecule has 0 aromatic heterocycles. The smallest absolute Gasteiger partial charge is 0.0621 e. The lowest BCUT2D eigenvalue weighted by Gasteiger charge is -2.14. The lowest BCUT2D eigenvalue weighted by atomic mass is 10.1. The van der Waals surface area contributed by atoms with Crippen LogP contribution in [0.2, 0.25) is 0 Å². The number of hydrogen-bond donors (Lipinski definition) is 0. The number of unbranched alkanes of at least 4 members (excludes halogenated alkanes) is 2. The predicted molar refractivity (Wildman–Crippen MR) is 55.9 cm³/mol. The van der Waals surface area contributed by atoms with Gasteiger partial charge < -0.3 is 9.64 Å². The normalized spacial score (nSPS) is 22.4. The van der Waals surface area contributed by atoms with Gasteiger partial charge in [0.2, 0.25) is 0 Å². The van der Waals surface area contributed by atoms with Crippen molar-refractivity contribution in [1.29, 1.82) is 5.26 Å². The van der Waals surface area contributed by atoms with Crippen LogP contribution in [-0.2, 0) is 4.74 Å². The van der Waals surface area contributed by atoms with Crippen molar-refractivity contribution >= 4 is 0 Å². The molecule has 1 aliphatic heterocycles. The molecule has 0 radical (unpaired) electrons. The van der Waals surface area contributed by atoms with E-state index in [0.717, 1.165) is 31.9 Å². The Morgan fingerprint density at radius 2 is 2.36 bits per heavy atom. The van der Waals surface area contributed by atoms with E-state index >= 15 is 0 Å². The van der Waals surface area contributed by atoms with E-state index in [2.05, 4.69) is 11.0 Å². The van der Waals surface area contributed by atoms with E-state index in [1.54, 1.807) is 7.11 Å². The summed E-state index contributed by atoms with van der Waals surface area (Å²) >= 11 is 0. The molecule has 0 bridgehead atoms. The number of likely N-dealkylation sites (tertiary alicyclic amines) is 1. The molecule has 0 aliphatic carbocycles. The minimum Gasteiger partial charge on any atom is -0.384 e. The van der Waals surface area contributed by atoms with Crippen LogP contribution >= 0.6 is 0 Å². The van der Waals surface area contributed by atoms with Crippen molar-refractivity contribution in [2.75, 3.05) is 33.4 Å². The lowest BCUT2D eigenvalue weighted by molar-refractivity contribution is 0.153. The minimum absolute atomic E-state index is 0.704. The average Bonchev–Trinajstić information content (AvgIpc) is 2.61. The third-order valence-electron chi connectivity index (χ3n) is 2.79. The van der Waals surface area contributed by atoms with Crippen LogP contribution in [0, 0.1) is 17.2 Å². The number of hydrogen-bond acceptors (Lipinski definition) is 3. The van der Waals surface area contributed by atoms with Crippen LogP contribution in [0.4, 0.5) is 0 Å². The summed E-state index contributed by atoms with van der Waals surface area (Å²) in [5.74, 6) is 0.732. The maximum absolute atomic E-state index is 8.39. The molecule has 14 heavy (non-hydrogen) atoms. The molecule has 1 saturated heterocycles. The highest BCUT2D eigenvalue weighted by atomic mass is 16.5. The molecule has 3 heteroatoms. The first kappa shape index (κ1) is 11.5. The van der Waals surface area contributed by atoms with E-state index in [1.807, 2.05) is 0 Å². The quantitative estimate of drug-likeness (QED) is 0.606. The van der Waals surface area contributed by atoms with Crippen LogP contribution < -0.4 is 0 Å². The fraction of sp³-hybridized carbons (Fsp3) is 0.909. The van der Waals surface area contributed by atoms with Crippen molar-refractivity contribution in [2.45, 2.75) is 25.7 Å². The van der Waals surface area contributed by atoms with Gasteiger partial charge in [0.25, 0.3) is 0 Å². The summed E-state index contributed by atoms with van der Waals surface area (Å²) < 4.78 is 5.15. The zero-order chi connectivity index (χ0) is 10.2. The van der Waals surface area contributed by atoms with E-state index in [0.29, 0.717) is 6.42 Å². The zero-order valence-corrected chi connectivity index (χ0v) is 9.04. The third kappa shape index (κ3) is 4.08. The van der Waals surface area contributed by atoms with E-state index in [9.17, 15) is 0 Å². The van der Waals surface area contributed by atoms with Gasteiger partial charge >= 0.3 is 0 Å². The highest BCUT2D eigenvalue weighted by Gasteiger charge is 2.21. The van der Waals surface area contributed by atoms with Gasteiger partial charge in [-0.2, -0.15) is 5.26 Å². The van der Waals surface area contributed by atoms with Gasteiger partial charge in [-0.1, -0.05) is 0 Å². The summed E-state index contributed by atoms with van der Waals surface area (Å²) in [6, 6.07) is 2.18. The van der Waals surface area contributed by atoms with Crippen LogP contribution in [0.5, 0.6) is 0 Å².